The molecule has 0 bridgehead atoms. The van der Waals surface area contributed by atoms with Crippen LogP contribution in [0.15, 0.2) is 12.1 Å². The normalized spacial score (nSPS) is 12.6. The molecule has 1 N–H and O–H groups in total. The number of aliphatic hydroxyl groups is 1. The lowest BCUT2D eigenvalue weighted by Gasteiger charge is -2.17. The van der Waals surface area contributed by atoms with Crippen LogP contribution in [-0.4, -0.2) is 11.2 Å². The molecule has 2 nitrogen and oxygen atoms in total. The van der Waals surface area contributed by atoms with E-state index in [1.54, 1.807) is 12.1 Å². The van der Waals surface area contributed by atoms with Gasteiger partial charge < -0.3 is 9.84 Å². The van der Waals surface area contributed by atoms with E-state index in [0.717, 1.165) is 12.8 Å². The lowest BCUT2D eigenvalue weighted by Crippen LogP contribution is -2.12. The van der Waals surface area contributed by atoms with Crippen molar-refractivity contribution in [2.45, 2.75) is 39.4 Å². The number of hydrogen-bond acceptors (Lipinski definition) is 2. The first kappa shape index (κ1) is 13.6. The van der Waals surface area contributed by atoms with Gasteiger partial charge in [0.1, 0.15) is 5.75 Å². The molecular weight excluding hydrogens is 247 g/mol. The molecule has 0 saturated heterocycles. The monoisotopic (exact) mass is 262 g/mol. The molecule has 0 radical (unpaired) electrons. The van der Waals surface area contributed by atoms with Crippen molar-refractivity contribution in [1.82, 2.24) is 0 Å². The van der Waals surface area contributed by atoms with Crippen LogP contribution in [-0.2, 0) is 6.61 Å². The van der Waals surface area contributed by atoms with Gasteiger partial charge >= 0.3 is 0 Å². The van der Waals surface area contributed by atoms with Crippen LogP contribution >= 0.6 is 23.2 Å². The van der Waals surface area contributed by atoms with Crippen molar-refractivity contribution in [2.75, 3.05) is 0 Å². The molecule has 16 heavy (non-hydrogen) atoms. The fourth-order valence-electron chi connectivity index (χ4n) is 1.53. The fourth-order valence-corrected chi connectivity index (χ4v) is 2.11. The summed E-state index contributed by atoms with van der Waals surface area (Å²) in [6.45, 7) is 3.94. The second-order valence-corrected chi connectivity index (χ2v) is 4.59. The average Bonchev–Trinajstić information content (AvgIpc) is 2.22. The highest BCUT2D eigenvalue weighted by atomic mass is 35.5. The Morgan fingerprint density at radius 3 is 2.62 bits per heavy atom. The summed E-state index contributed by atoms with van der Waals surface area (Å²) in [5.41, 5.74) is 0.625. The number of benzene rings is 1. The van der Waals surface area contributed by atoms with Crippen LogP contribution in [0.1, 0.15) is 32.3 Å². The Morgan fingerprint density at radius 2 is 2.06 bits per heavy atom. The molecule has 1 aromatic carbocycles. The maximum Gasteiger partial charge on any atom is 0.143 e. The van der Waals surface area contributed by atoms with Gasteiger partial charge in [-0.3, -0.25) is 0 Å². The molecule has 0 saturated carbocycles. The zero-order valence-electron chi connectivity index (χ0n) is 9.46. The standard InChI is InChI=1S/C12H16Cl2O2/c1-3-4-8(2)16-12-9(7-15)5-10(13)6-11(12)14/h5-6,8,15H,3-4,7H2,1-2H3. The van der Waals surface area contributed by atoms with E-state index < -0.39 is 0 Å². The van der Waals surface area contributed by atoms with Crippen molar-refractivity contribution in [3.8, 4) is 5.75 Å². The van der Waals surface area contributed by atoms with Gasteiger partial charge in [-0.2, -0.15) is 0 Å². The SMILES string of the molecule is CCCC(C)Oc1c(Cl)cc(Cl)cc1CO. The van der Waals surface area contributed by atoms with Gasteiger partial charge in [-0.25, -0.2) is 0 Å². The van der Waals surface area contributed by atoms with Crippen molar-refractivity contribution in [3.63, 3.8) is 0 Å². The molecule has 4 heteroatoms. The summed E-state index contributed by atoms with van der Waals surface area (Å²) < 4.78 is 5.71. The summed E-state index contributed by atoms with van der Waals surface area (Å²) in [5, 5.41) is 10.2. The number of aliphatic hydroxyl groups excluding tert-OH is 1. The van der Waals surface area contributed by atoms with Crippen LogP contribution in [0.5, 0.6) is 5.75 Å². The summed E-state index contributed by atoms with van der Waals surface area (Å²) in [5.74, 6) is 0.537. The molecule has 0 amide bonds. The van der Waals surface area contributed by atoms with E-state index in [0.29, 0.717) is 21.4 Å². The van der Waals surface area contributed by atoms with Crippen molar-refractivity contribution in [3.05, 3.63) is 27.7 Å². The maximum atomic E-state index is 9.21. The quantitative estimate of drug-likeness (QED) is 0.868. The molecule has 1 rings (SSSR count). The van der Waals surface area contributed by atoms with Gasteiger partial charge in [-0.15, -0.1) is 0 Å². The molecular formula is C12H16Cl2O2. The van der Waals surface area contributed by atoms with Gasteiger partial charge in [-0.1, -0.05) is 36.5 Å². The average molecular weight is 263 g/mol. The first-order valence-corrected chi connectivity index (χ1v) is 6.09. The topological polar surface area (TPSA) is 29.5 Å². The van der Waals surface area contributed by atoms with E-state index in [1.165, 1.54) is 0 Å². The Morgan fingerprint density at radius 1 is 1.38 bits per heavy atom. The predicted molar refractivity (Wildman–Crippen MR) is 67.4 cm³/mol. The molecule has 90 valence electrons. The largest absolute Gasteiger partial charge is 0.489 e. The number of ether oxygens (including phenoxy) is 1. The zero-order valence-corrected chi connectivity index (χ0v) is 11.0. The zero-order chi connectivity index (χ0) is 12.1. The second-order valence-electron chi connectivity index (χ2n) is 3.75. The van der Waals surface area contributed by atoms with E-state index in [-0.39, 0.29) is 12.7 Å². The van der Waals surface area contributed by atoms with Crippen LogP contribution in [0.25, 0.3) is 0 Å². The molecule has 0 aliphatic carbocycles. The molecule has 0 spiro atoms. The first-order chi connectivity index (χ1) is 7.58. The molecule has 0 aliphatic rings. The minimum atomic E-state index is -0.130. The highest BCUT2D eigenvalue weighted by Gasteiger charge is 2.12. The van der Waals surface area contributed by atoms with Gasteiger partial charge in [0.15, 0.2) is 0 Å². The Bertz CT molecular complexity index is 353. The van der Waals surface area contributed by atoms with Gasteiger partial charge in [0.05, 0.1) is 17.7 Å². The minimum Gasteiger partial charge on any atom is -0.489 e. The Labute approximate surface area is 106 Å². The third-order valence-electron chi connectivity index (χ3n) is 2.27. The van der Waals surface area contributed by atoms with Gasteiger partial charge in [0.2, 0.25) is 0 Å². The minimum absolute atomic E-state index is 0.0778. The summed E-state index contributed by atoms with van der Waals surface area (Å²) in [6, 6.07) is 3.29. The first-order valence-electron chi connectivity index (χ1n) is 5.33. The summed E-state index contributed by atoms with van der Waals surface area (Å²) in [4.78, 5) is 0. The Hall–Kier alpha value is -0.440. The highest BCUT2D eigenvalue weighted by Crippen LogP contribution is 2.33. The van der Waals surface area contributed by atoms with Gasteiger partial charge in [-0.05, 0) is 25.5 Å². The Kier molecular flexibility index (Phi) is 5.39. The fraction of sp³-hybridized carbons (Fsp3) is 0.500. The number of halogens is 2. The van der Waals surface area contributed by atoms with Crippen molar-refractivity contribution >= 4 is 23.2 Å². The molecule has 1 atom stereocenters. The van der Waals surface area contributed by atoms with E-state index in [4.69, 9.17) is 27.9 Å². The van der Waals surface area contributed by atoms with E-state index in [9.17, 15) is 5.11 Å². The van der Waals surface area contributed by atoms with E-state index in [2.05, 4.69) is 6.92 Å². The molecule has 0 aliphatic heterocycles. The van der Waals surface area contributed by atoms with Crippen LogP contribution in [0.4, 0.5) is 0 Å². The molecule has 0 aromatic heterocycles. The molecule has 0 heterocycles. The summed E-state index contributed by atoms with van der Waals surface area (Å²) >= 11 is 11.9. The third kappa shape index (κ3) is 3.55. The van der Waals surface area contributed by atoms with Gasteiger partial charge in [0, 0.05) is 10.6 Å². The van der Waals surface area contributed by atoms with Crippen molar-refractivity contribution in [2.24, 2.45) is 0 Å². The van der Waals surface area contributed by atoms with E-state index in [1.807, 2.05) is 6.92 Å². The lowest BCUT2D eigenvalue weighted by molar-refractivity contribution is 0.200. The van der Waals surface area contributed by atoms with Crippen LogP contribution in [0, 0.1) is 0 Å². The van der Waals surface area contributed by atoms with Crippen LogP contribution in [0.3, 0.4) is 0 Å². The number of hydrogen-bond donors (Lipinski definition) is 1. The van der Waals surface area contributed by atoms with Crippen LogP contribution < -0.4 is 4.74 Å². The second kappa shape index (κ2) is 6.33. The lowest BCUT2D eigenvalue weighted by atomic mass is 10.2. The van der Waals surface area contributed by atoms with Crippen molar-refractivity contribution in [1.29, 1.82) is 0 Å². The smallest absolute Gasteiger partial charge is 0.143 e. The third-order valence-corrected chi connectivity index (χ3v) is 2.77. The maximum absolute atomic E-state index is 9.21. The summed E-state index contributed by atoms with van der Waals surface area (Å²) in [6.07, 6.45) is 2.07. The predicted octanol–water partition coefficient (Wildman–Crippen LogP) is 4.05. The van der Waals surface area contributed by atoms with E-state index >= 15 is 0 Å². The molecule has 1 unspecified atom stereocenters. The molecule has 0 fully saturated rings. The van der Waals surface area contributed by atoms with Crippen molar-refractivity contribution < 1.29 is 9.84 Å². The van der Waals surface area contributed by atoms with Gasteiger partial charge in [0.25, 0.3) is 0 Å². The summed E-state index contributed by atoms with van der Waals surface area (Å²) in [7, 11) is 0. The highest BCUT2D eigenvalue weighted by molar-refractivity contribution is 6.35. The Balaban J connectivity index is 2.93. The number of rotatable bonds is 5. The molecule has 1 aromatic rings. The van der Waals surface area contributed by atoms with Crippen LogP contribution in [0.2, 0.25) is 10.0 Å².